The average Bonchev–Trinajstić information content (AvgIpc) is 2.88. The molecule has 0 atom stereocenters. The van der Waals surface area contributed by atoms with E-state index in [4.69, 9.17) is 4.74 Å². The van der Waals surface area contributed by atoms with Gasteiger partial charge in [0.2, 0.25) is 0 Å². The zero-order chi connectivity index (χ0) is 25.7. The van der Waals surface area contributed by atoms with Crippen molar-refractivity contribution in [1.29, 1.82) is 0 Å². The van der Waals surface area contributed by atoms with E-state index in [1.807, 2.05) is 26.0 Å². The molecule has 0 aliphatic heterocycles. The Morgan fingerprint density at radius 1 is 1.00 bits per heavy atom. The molecule has 3 heterocycles. The van der Waals surface area contributed by atoms with Gasteiger partial charge < -0.3 is 4.74 Å². The number of pyridine rings is 2. The summed E-state index contributed by atoms with van der Waals surface area (Å²) in [5.41, 5.74) is 5.41. The molecule has 1 aromatic carbocycles. The first-order valence-corrected chi connectivity index (χ1v) is 12.7. The van der Waals surface area contributed by atoms with Crippen LogP contribution in [0.4, 0.5) is 5.69 Å². The molecule has 9 heteroatoms. The molecule has 0 saturated carbocycles. The highest BCUT2D eigenvalue weighted by Gasteiger charge is 2.20. The Balaban J connectivity index is 1.73. The van der Waals surface area contributed by atoms with E-state index in [1.165, 1.54) is 19.5 Å². The molecule has 36 heavy (non-hydrogen) atoms. The van der Waals surface area contributed by atoms with Crippen LogP contribution in [0.25, 0.3) is 11.3 Å². The van der Waals surface area contributed by atoms with Crippen molar-refractivity contribution in [3.05, 3.63) is 89.4 Å². The van der Waals surface area contributed by atoms with Gasteiger partial charge in [0.25, 0.3) is 10.0 Å². The third kappa shape index (κ3) is 5.34. The van der Waals surface area contributed by atoms with E-state index in [2.05, 4.69) is 36.5 Å². The Kier molecular flexibility index (Phi) is 7.27. The second kappa shape index (κ2) is 10.5. The number of methoxy groups -OCH3 is 1. The van der Waals surface area contributed by atoms with Gasteiger partial charge in [-0.1, -0.05) is 30.9 Å². The Hall–Kier alpha value is -4.29. The number of ether oxygens (including phenoxy) is 1. The second-order valence-electron chi connectivity index (χ2n) is 7.95. The summed E-state index contributed by atoms with van der Waals surface area (Å²) in [7, 11) is -2.48. The lowest BCUT2D eigenvalue weighted by molar-refractivity contribution is 0.403. The number of rotatable bonds is 6. The van der Waals surface area contributed by atoms with Crippen LogP contribution in [0.5, 0.6) is 5.75 Å². The number of aryl methyl sites for hydroxylation is 3. The molecule has 0 aliphatic carbocycles. The number of aromatic nitrogens is 4. The first kappa shape index (κ1) is 24.8. The highest BCUT2D eigenvalue weighted by molar-refractivity contribution is 7.92. The molecule has 0 amide bonds. The molecule has 4 rings (SSSR count). The van der Waals surface area contributed by atoms with Gasteiger partial charge in [-0.05, 0) is 50.6 Å². The number of anilines is 1. The van der Waals surface area contributed by atoms with Crippen LogP contribution in [0.2, 0.25) is 0 Å². The summed E-state index contributed by atoms with van der Waals surface area (Å²) in [6, 6.07) is 11.9. The van der Waals surface area contributed by atoms with Crippen LogP contribution < -0.4 is 9.46 Å². The van der Waals surface area contributed by atoms with Crippen LogP contribution in [-0.2, 0) is 16.4 Å². The lowest BCUT2D eigenvalue weighted by Crippen LogP contribution is -2.15. The van der Waals surface area contributed by atoms with Gasteiger partial charge in [0.15, 0.2) is 0 Å². The standard InChI is InChI=1S/C27H25N5O3S/c1-5-23-22(27(31-17-30-23)21-12-13-28-18(2)14-21)11-10-20-15-24(19(3)29-16-20)32-36(33,34)26-9-7-6-8-25(26)35-4/h6-9,12-17,32H,5H2,1-4H3. The van der Waals surface area contributed by atoms with E-state index < -0.39 is 10.0 Å². The van der Waals surface area contributed by atoms with Gasteiger partial charge in [-0.2, -0.15) is 0 Å². The van der Waals surface area contributed by atoms with E-state index in [0.717, 1.165) is 22.6 Å². The lowest BCUT2D eigenvalue weighted by atomic mass is 10.0. The maximum Gasteiger partial charge on any atom is 0.265 e. The van der Waals surface area contributed by atoms with Gasteiger partial charge in [-0.3, -0.25) is 14.7 Å². The Morgan fingerprint density at radius 3 is 2.56 bits per heavy atom. The average molecular weight is 500 g/mol. The Morgan fingerprint density at radius 2 is 1.81 bits per heavy atom. The molecule has 4 aromatic rings. The summed E-state index contributed by atoms with van der Waals surface area (Å²) < 4.78 is 33.9. The van der Waals surface area contributed by atoms with Crippen LogP contribution in [0.3, 0.4) is 0 Å². The molecule has 0 radical (unpaired) electrons. The molecule has 0 aliphatic rings. The summed E-state index contributed by atoms with van der Waals surface area (Å²) in [6.07, 6.45) is 5.56. The number of hydrogen-bond donors (Lipinski definition) is 1. The van der Waals surface area contributed by atoms with Crippen molar-refractivity contribution in [2.75, 3.05) is 11.8 Å². The van der Waals surface area contributed by atoms with E-state index in [-0.39, 0.29) is 10.6 Å². The van der Waals surface area contributed by atoms with Crippen molar-refractivity contribution in [3.63, 3.8) is 0 Å². The molecule has 0 unspecified atom stereocenters. The van der Waals surface area contributed by atoms with Crippen molar-refractivity contribution in [2.45, 2.75) is 32.1 Å². The molecule has 8 nitrogen and oxygen atoms in total. The van der Waals surface area contributed by atoms with Crippen molar-refractivity contribution in [2.24, 2.45) is 0 Å². The van der Waals surface area contributed by atoms with Gasteiger partial charge >= 0.3 is 0 Å². The fourth-order valence-corrected chi connectivity index (χ4v) is 4.89. The predicted octanol–water partition coefficient (Wildman–Crippen LogP) is 4.32. The van der Waals surface area contributed by atoms with Crippen LogP contribution in [-0.4, -0.2) is 35.5 Å². The predicted molar refractivity (Wildman–Crippen MR) is 138 cm³/mol. The van der Waals surface area contributed by atoms with Crippen molar-refractivity contribution < 1.29 is 13.2 Å². The highest BCUT2D eigenvalue weighted by Crippen LogP contribution is 2.27. The molecular weight excluding hydrogens is 474 g/mol. The normalized spacial score (nSPS) is 10.9. The molecule has 0 fully saturated rings. The number of hydrogen-bond acceptors (Lipinski definition) is 7. The van der Waals surface area contributed by atoms with Crippen LogP contribution in [0.15, 0.2) is 66.1 Å². The van der Waals surface area contributed by atoms with E-state index >= 15 is 0 Å². The van der Waals surface area contributed by atoms with Gasteiger partial charge in [-0.25, -0.2) is 18.4 Å². The van der Waals surface area contributed by atoms with E-state index in [0.29, 0.717) is 28.9 Å². The summed E-state index contributed by atoms with van der Waals surface area (Å²) in [6.45, 7) is 5.65. The van der Waals surface area contributed by atoms with Crippen molar-refractivity contribution in [1.82, 2.24) is 19.9 Å². The summed E-state index contributed by atoms with van der Waals surface area (Å²) in [4.78, 5) is 17.5. The van der Waals surface area contributed by atoms with Gasteiger partial charge in [-0.15, -0.1) is 0 Å². The molecule has 0 saturated heterocycles. The summed E-state index contributed by atoms with van der Waals surface area (Å²) in [5.74, 6) is 6.55. The second-order valence-corrected chi connectivity index (χ2v) is 9.60. The molecule has 0 bridgehead atoms. The van der Waals surface area contributed by atoms with Crippen molar-refractivity contribution in [3.8, 4) is 28.8 Å². The van der Waals surface area contributed by atoms with E-state index in [1.54, 1.807) is 43.6 Å². The zero-order valence-electron chi connectivity index (χ0n) is 20.4. The first-order valence-electron chi connectivity index (χ1n) is 11.2. The summed E-state index contributed by atoms with van der Waals surface area (Å²) in [5, 5.41) is 0. The Bertz CT molecular complexity index is 1590. The van der Waals surface area contributed by atoms with Gasteiger partial charge in [0.05, 0.1) is 35.4 Å². The maximum absolute atomic E-state index is 13.1. The molecule has 0 spiro atoms. The number of para-hydroxylation sites is 1. The van der Waals surface area contributed by atoms with Gasteiger partial charge in [0.1, 0.15) is 17.0 Å². The SMILES string of the molecule is CCc1ncnc(-c2ccnc(C)c2)c1C#Cc1cnc(C)c(NS(=O)(=O)c2ccccc2OC)c1. The monoisotopic (exact) mass is 499 g/mol. The third-order valence-electron chi connectivity index (χ3n) is 5.45. The zero-order valence-corrected chi connectivity index (χ0v) is 21.2. The number of sulfonamides is 1. The number of nitrogens with zero attached hydrogens (tertiary/aromatic N) is 4. The Labute approximate surface area is 210 Å². The van der Waals surface area contributed by atoms with Crippen LogP contribution >= 0.6 is 0 Å². The topological polar surface area (TPSA) is 107 Å². The molecule has 3 aromatic heterocycles. The van der Waals surface area contributed by atoms with Gasteiger partial charge in [0, 0.05) is 29.2 Å². The minimum absolute atomic E-state index is 0.0368. The number of nitrogens with one attached hydrogen (secondary N) is 1. The van der Waals surface area contributed by atoms with Crippen LogP contribution in [0.1, 0.15) is 35.1 Å². The lowest BCUT2D eigenvalue weighted by Gasteiger charge is -2.13. The molecule has 182 valence electrons. The number of benzene rings is 1. The largest absolute Gasteiger partial charge is 0.495 e. The first-order chi connectivity index (χ1) is 17.3. The molecule has 1 N–H and O–H groups in total. The molecular formula is C27H25N5O3S. The van der Waals surface area contributed by atoms with E-state index in [9.17, 15) is 8.42 Å². The third-order valence-corrected chi connectivity index (χ3v) is 6.86. The fourth-order valence-electron chi connectivity index (χ4n) is 3.61. The smallest absolute Gasteiger partial charge is 0.265 e. The minimum Gasteiger partial charge on any atom is -0.495 e. The fraction of sp³-hybridized carbons (Fsp3) is 0.185. The van der Waals surface area contributed by atoms with Crippen LogP contribution in [0, 0.1) is 25.7 Å². The quantitative estimate of drug-likeness (QED) is 0.394. The van der Waals surface area contributed by atoms with Crippen molar-refractivity contribution >= 4 is 15.7 Å². The summed E-state index contributed by atoms with van der Waals surface area (Å²) >= 11 is 0. The minimum atomic E-state index is -3.91. The highest BCUT2D eigenvalue weighted by atomic mass is 32.2. The maximum atomic E-state index is 13.1.